The van der Waals surface area contributed by atoms with Crippen LogP contribution in [0.15, 0.2) is 55.1 Å². The van der Waals surface area contributed by atoms with E-state index < -0.39 is 0 Å². The second-order valence-electron chi connectivity index (χ2n) is 8.14. The van der Waals surface area contributed by atoms with E-state index in [1.54, 1.807) is 30.2 Å². The molecule has 2 N–H and O–H groups in total. The van der Waals surface area contributed by atoms with Crippen molar-refractivity contribution in [3.8, 4) is 22.5 Å². The SMILES string of the molecule is COCCN1CCN(C(=O)c2ccc(-c3cnc4c(-c5ccccn5)c(N)nn4c3)nc2)CC1. The first-order valence-corrected chi connectivity index (χ1v) is 11.2. The number of hydrogen-bond donors (Lipinski definition) is 1. The molecule has 5 heterocycles. The molecule has 0 aromatic carbocycles. The number of nitrogen functional groups attached to an aromatic ring is 1. The second-order valence-corrected chi connectivity index (χ2v) is 8.14. The fourth-order valence-electron chi connectivity index (χ4n) is 4.11. The molecule has 5 rings (SSSR count). The first-order chi connectivity index (χ1) is 16.6. The van der Waals surface area contributed by atoms with Gasteiger partial charge in [-0.2, -0.15) is 0 Å². The van der Waals surface area contributed by atoms with Gasteiger partial charge in [-0.3, -0.25) is 19.7 Å². The number of methoxy groups -OCH3 is 1. The van der Waals surface area contributed by atoms with Crippen molar-refractivity contribution in [2.45, 2.75) is 0 Å². The van der Waals surface area contributed by atoms with Gasteiger partial charge in [0.1, 0.15) is 0 Å². The molecular weight excluding hydrogens is 432 g/mol. The van der Waals surface area contributed by atoms with Crippen molar-refractivity contribution >= 4 is 17.4 Å². The molecule has 1 aliphatic heterocycles. The molecule has 4 aromatic heterocycles. The number of nitrogens with two attached hydrogens (primary N) is 1. The Morgan fingerprint density at radius 3 is 2.59 bits per heavy atom. The summed E-state index contributed by atoms with van der Waals surface area (Å²) in [6, 6.07) is 9.26. The Kier molecular flexibility index (Phi) is 6.15. The summed E-state index contributed by atoms with van der Waals surface area (Å²) in [6.45, 7) is 4.68. The van der Waals surface area contributed by atoms with Gasteiger partial charge >= 0.3 is 0 Å². The molecule has 10 nitrogen and oxygen atoms in total. The Labute approximate surface area is 197 Å². The van der Waals surface area contributed by atoms with Crippen LogP contribution in [0.25, 0.3) is 28.2 Å². The van der Waals surface area contributed by atoms with Crippen LogP contribution in [-0.4, -0.2) is 86.7 Å². The number of pyridine rings is 2. The number of amides is 1. The van der Waals surface area contributed by atoms with E-state index in [1.165, 1.54) is 0 Å². The monoisotopic (exact) mass is 458 g/mol. The Balaban J connectivity index is 1.32. The van der Waals surface area contributed by atoms with E-state index in [0.29, 0.717) is 48.0 Å². The van der Waals surface area contributed by atoms with E-state index >= 15 is 0 Å². The predicted octanol–water partition coefficient (Wildman–Crippen LogP) is 1.84. The largest absolute Gasteiger partial charge is 0.383 e. The van der Waals surface area contributed by atoms with Gasteiger partial charge in [0.25, 0.3) is 5.91 Å². The molecule has 0 saturated carbocycles. The molecular formula is C24H26N8O2. The smallest absolute Gasteiger partial charge is 0.255 e. The number of carbonyl (C=O) groups excluding carboxylic acids is 1. The lowest BCUT2D eigenvalue weighted by molar-refractivity contribution is 0.0594. The second kappa shape index (κ2) is 9.54. The normalized spacial score (nSPS) is 14.6. The highest BCUT2D eigenvalue weighted by molar-refractivity contribution is 5.94. The number of aromatic nitrogens is 5. The Hall–Kier alpha value is -3.89. The molecule has 0 bridgehead atoms. The minimum Gasteiger partial charge on any atom is -0.383 e. The van der Waals surface area contributed by atoms with Crippen molar-refractivity contribution in [1.82, 2.24) is 34.4 Å². The van der Waals surface area contributed by atoms with Crippen LogP contribution in [0.1, 0.15) is 10.4 Å². The molecule has 0 unspecified atom stereocenters. The predicted molar refractivity (Wildman–Crippen MR) is 128 cm³/mol. The Bertz CT molecular complexity index is 1280. The van der Waals surface area contributed by atoms with Crippen LogP contribution in [0.4, 0.5) is 5.82 Å². The number of hydrogen-bond acceptors (Lipinski definition) is 8. The molecule has 0 spiro atoms. The van der Waals surface area contributed by atoms with Crippen molar-refractivity contribution < 1.29 is 9.53 Å². The van der Waals surface area contributed by atoms with Gasteiger partial charge in [0.05, 0.1) is 29.1 Å². The van der Waals surface area contributed by atoms with Crippen LogP contribution in [0, 0.1) is 0 Å². The zero-order chi connectivity index (χ0) is 23.5. The van der Waals surface area contributed by atoms with Crippen molar-refractivity contribution in [1.29, 1.82) is 0 Å². The Morgan fingerprint density at radius 1 is 1.03 bits per heavy atom. The van der Waals surface area contributed by atoms with Crippen molar-refractivity contribution in [2.75, 3.05) is 52.2 Å². The highest BCUT2D eigenvalue weighted by Crippen LogP contribution is 2.28. The number of nitrogens with zero attached hydrogens (tertiary/aromatic N) is 7. The van der Waals surface area contributed by atoms with Crippen molar-refractivity contribution in [3.05, 3.63) is 60.7 Å². The van der Waals surface area contributed by atoms with Crippen LogP contribution in [0.2, 0.25) is 0 Å². The summed E-state index contributed by atoms with van der Waals surface area (Å²) in [7, 11) is 1.70. The third kappa shape index (κ3) is 4.33. The van der Waals surface area contributed by atoms with Gasteiger partial charge < -0.3 is 15.4 Å². The maximum atomic E-state index is 12.9. The van der Waals surface area contributed by atoms with E-state index in [0.717, 1.165) is 30.9 Å². The number of fused-ring (bicyclic) bond motifs is 1. The average molecular weight is 459 g/mol. The molecule has 1 amide bonds. The molecule has 1 aliphatic rings. The third-order valence-electron chi connectivity index (χ3n) is 6.00. The summed E-state index contributed by atoms with van der Waals surface area (Å²) >= 11 is 0. The fraction of sp³-hybridized carbons (Fsp3) is 0.292. The fourth-order valence-corrected chi connectivity index (χ4v) is 4.11. The summed E-state index contributed by atoms with van der Waals surface area (Å²) in [4.78, 5) is 30.5. The number of carbonyl (C=O) groups is 1. The number of anilines is 1. The van der Waals surface area contributed by atoms with Gasteiger partial charge in [-0.25, -0.2) is 9.50 Å². The van der Waals surface area contributed by atoms with Gasteiger partial charge in [0.15, 0.2) is 11.5 Å². The lowest BCUT2D eigenvalue weighted by atomic mass is 10.1. The van der Waals surface area contributed by atoms with Crippen LogP contribution in [0.3, 0.4) is 0 Å². The van der Waals surface area contributed by atoms with Gasteiger partial charge in [0.2, 0.25) is 0 Å². The maximum Gasteiger partial charge on any atom is 0.255 e. The maximum absolute atomic E-state index is 12.9. The standard InChI is InChI=1S/C24H26N8O2/c1-34-13-12-30-8-10-31(11-9-30)24(33)17-5-6-19(27-14-17)18-15-28-23-21(20-4-2-3-7-26-20)22(25)29-32(23)16-18/h2-7,14-16H,8-13H2,1H3,(H2,25,29). The number of rotatable bonds is 6. The highest BCUT2D eigenvalue weighted by Gasteiger charge is 2.22. The van der Waals surface area contributed by atoms with Crippen LogP contribution < -0.4 is 5.73 Å². The minimum absolute atomic E-state index is 0.00105. The van der Waals surface area contributed by atoms with E-state index in [-0.39, 0.29) is 5.91 Å². The molecule has 174 valence electrons. The lowest BCUT2D eigenvalue weighted by Crippen LogP contribution is -2.49. The van der Waals surface area contributed by atoms with E-state index in [9.17, 15) is 4.79 Å². The van der Waals surface area contributed by atoms with Crippen molar-refractivity contribution in [2.24, 2.45) is 0 Å². The molecule has 1 fully saturated rings. The van der Waals surface area contributed by atoms with Crippen LogP contribution in [0.5, 0.6) is 0 Å². The summed E-state index contributed by atoms with van der Waals surface area (Å²) < 4.78 is 6.77. The molecule has 4 aromatic rings. The molecule has 0 radical (unpaired) electrons. The van der Waals surface area contributed by atoms with Crippen molar-refractivity contribution in [3.63, 3.8) is 0 Å². The summed E-state index contributed by atoms with van der Waals surface area (Å²) in [5.74, 6) is 0.360. The van der Waals surface area contributed by atoms with Gasteiger partial charge in [-0.1, -0.05) is 6.07 Å². The topological polar surface area (TPSA) is 115 Å². The first-order valence-electron chi connectivity index (χ1n) is 11.2. The summed E-state index contributed by atoms with van der Waals surface area (Å²) in [6.07, 6.45) is 6.89. The minimum atomic E-state index is -0.00105. The van der Waals surface area contributed by atoms with Crippen LogP contribution in [-0.2, 0) is 4.74 Å². The molecule has 34 heavy (non-hydrogen) atoms. The van der Waals surface area contributed by atoms with Gasteiger partial charge in [-0.15, -0.1) is 5.10 Å². The zero-order valence-corrected chi connectivity index (χ0v) is 19.0. The van der Waals surface area contributed by atoms with E-state index in [1.807, 2.05) is 41.4 Å². The lowest BCUT2D eigenvalue weighted by Gasteiger charge is -2.34. The molecule has 10 heteroatoms. The quantitative estimate of drug-likeness (QED) is 0.465. The Morgan fingerprint density at radius 2 is 1.88 bits per heavy atom. The van der Waals surface area contributed by atoms with Gasteiger partial charge in [-0.05, 0) is 24.3 Å². The zero-order valence-electron chi connectivity index (χ0n) is 19.0. The molecule has 1 saturated heterocycles. The average Bonchev–Trinajstić information content (AvgIpc) is 3.22. The summed E-state index contributed by atoms with van der Waals surface area (Å²) in [5, 5.41) is 4.40. The van der Waals surface area contributed by atoms with Gasteiger partial charge in [0, 0.05) is 70.2 Å². The summed E-state index contributed by atoms with van der Waals surface area (Å²) in [5.41, 5.74) is 10.2. The van der Waals surface area contributed by atoms with E-state index in [2.05, 4.69) is 25.0 Å². The van der Waals surface area contributed by atoms with E-state index in [4.69, 9.17) is 10.5 Å². The van der Waals surface area contributed by atoms with Crippen LogP contribution >= 0.6 is 0 Å². The highest BCUT2D eigenvalue weighted by atomic mass is 16.5. The first kappa shape index (κ1) is 21.9. The number of piperazine rings is 1. The molecule has 0 atom stereocenters. The third-order valence-corrected chi connectivity index (χ3v) is 6.00. The number of ether oxygens (including phenoxy) is 1. The molecule has 0 aliphatic carbocycles.